The van der Waals surface area contributed by atoms with Crippen molar-refractivity contribution in [3.63, 3.8) is 0 Å². The highest BCUT2D eigenvalue weighted by Crippen LogP contribution is 2.15. The lowest BCUT2D eigenvalue weighted by Gasteiger charge is -2.25. The van der Waals surface area contributed by atoms with Gasteiger partial charge in [-0.15, -0.1) is 0 Å². The van der Waals surface area contributed by atoms with E-state index in [1.807, 2.05) is 0 Å². The fraction of sp³-hybridized carbons (Fsp3) is 0.368. The van der Waals surface area contributed by atoms with Crippen molar-refractivity contribution in [2.75, 3.05) is 29.9 Å². The van der Waals surface area contributed by atoms with E-state index < -0.39 is 0 Å². The third kappa shape index (κ3) is 4.82. The molecule has 2 nitrogen and oxygen atoms in total. The van der Waals surface area contributed by atoms with E-state index in [0.29, 0.717) is 0 Å². The molecular weight excluding hydrogens is 256 g/mol. The predicted octanol–water partition coefficient (Wildman–Crippen LogP) is 4.71. The highest BCUT2D eigenvalue weighted by Gasteiger charge is 2.05. The Balaban J connectivity index is 1.92. The van der Waals surface area contributed by atoms with E-state index in [1.165, 1.54) is 29.8 Å². The lowest BCUT2D eigenvalue weighted by molar-refractivity contribution is 0.722. The van der Waals surface area contributed by atoms with Crippen LogP contribution in [0.15, 0.2) is 54.6 Å². The number of rotatable bonds is 8. The number of benzene rings is 2. The average molecular weight is 282 g/mol. The predicted molar refractivity (Wildman–Crippen MR) is 93.2 cm³/mol. The summed E-state index contributed by atoms with van der Waals surface area (Å²) in [7, 11) is 0. The Kier molecular flexibility index (Phi) is 6.14. The van der Waals surface area contributed by atoms with Gasteiger partial charge in [0.05, 0.1) is 0 Å². The van der Waals surface area contributed by atoms with Gasteiger partial charge in [0.25, 0.3) is 0 Å². The Morgan fingerprint density at radius 1 is 0.905 bits per heavy atom. The molecule has 2 aromatic carbocycles. The van der Waals surface area contributed by atoms with Crippen molar-refractivity contribution in [2.45, 2.75) is 26.7 Å². The molecule has 0 bridgehead atoms. The third-order valence-corrected chi connectivity index (χ3v) is 3.75. The van der Waals surface area contributed by atoms with E-state index in [2.05, 4.69) is 78.7 Å². The van der Waals surface area contributed by atoms with E-state index in [0.717, 1.165) is 19.6 Å². The lowest BCUT2D eigenvalue weighted by atomic mass is 10.2. The molecular formula is C19H26N2. The molecule has 21 heavy (non-hydrogen) atoms. The summed E-state index contributed by atoms with van der Waals surface area (Å²) in [4.78, 5) is 2.47. The molecule has 0 amide bonds. The standard InChI is InChI=1S/C19H26N2/c1-3-4-15-21(18-11-6-5-7-12-18)16-14-20-19-13-9-8-10-17(19)2/h5-13,20H,3-4,14-16H2,1-2H3. The molecule has 0 atom stereocenters. The minimum absolute atomic E-state index is 0.962. The Hall–Kier alpha value is -1.96. The van der Waals surface area contributed by atoms with Crippen LogP contribution in [0.1, 0.15) is 25.3 Å². The second kappa shape index (κ2) is 8.35. The average Bonchev–Trinajstić information content (AvgIpc) is 2.53. The van der Waals surface area contributed by atoms with E-state index >= 15 is 0 Å². The van der Waals surface area contributed by atoms with Gasteiger partial charge in [0.1, 0.15) is 0 Å². The maximum Gasteiger partial charge on any atom is 0.0370 e. The molecule has 112 valence electrons. The normalized spacial score (nSPS) is 10.4. The molecule has 0 aliphatic rings. The van der Waals surface area contributed by atoms with Gasteiger partial charge in [0.15, 0.2) is 0 Å². The van der Waals surface area contributed by atoms with Gasteiger partial charge in [-0.05, 0) is 37.1 Å². The van der Waals surface area contributed by atoms with Crippen LogP contribution < -0.4 is 10.2 Å². The zero-order valence-corrected chi connectivity index (χ0v) is 13.2. The summed E-state index contributed by atoms with van der Waals surface area (Å²) in [5, 5.41) is 3.55. The molecule has 0 aromatic heterocycles. The van der Waals surface area contributed by atoms with Crippen molar-refractivity contribution in [1.82, 2.24) is 0 Å². The summed E-state index contributed by atoms with van der Waals surface area (Å²) in [6.07, 6.45) is 2.47. The van der Waals surface area contributed by atoms with Crippen molar-refractivity contribution >= 4 is 11.4 Å². The van der Waals surface area contributed by atoms with Crippen molar-refractivity contribution < 1.29 is 0 Å². The molecule has 0 fully saturated rings. The molecule has 0 aliphatic heterocycles. The fourth-order valence-electron chi connectivity index (χ4n) is 2.45. The van der Waals surface area contributed by atoms with Crippen LogP contribution in [0.25, 0.3) is 0 Å². The molecule has 0 aliphatic carbocycles. The minimum Gasteiger partial charge on any atom is -0.383 e. The van der Waals surface area contributed by atoms with Crippen LogP contribution in [0, 0.1) is 6.92 Å². The zero-order valence-electron chi connectivity index (χ0n) is 13.2. The smallest absolute Gasteiger partial charge is 0.0370 e. The van der Waals surface area contributed by atoms with Crippen LogP contribution >= 0.6 is 0 Å². The molecule has 0 radical (unpaired) electrons. The quantitative estimate of drug-likeness (QED) is 0.754. The van der Waals surface area contributed by atoms with Gasteiger partial charge in [0.2, 0.25) is 0 Å². The summed E-state index contributed by atoms with van der Waals surface area (Å²) >= 11 is 0. The van der Waals surface area contributed by atoms with Gasteiger partial charge < -0.3 is 10.2 Å². The monoisotopic (exact) mass is 282 g/mol. The van der Waals surface area contributed by atoms with Gasteiger partial charge in [-0.2, -0.15) is 0 Å². The van der Waals surface area contributed by atoms with Gasteiger partial charge >= 0.3 is 0 Å². The van der Waals surface area contributed by atoms with E-state index in [4.69, 9.17) is 0 Å². The minimum atomic E-state index is 0.962. The van der Waals surface area contributed by atoms with Crippen molar-refractivity contribution in [3.8, 4) is 0 Å². The van der Waals surface area contributed by atoms with Crippen molar-refractivity contribution in [2.24, 2.45) is 0 Å². The number of para-hydroxylation sites is 2. The molecule has 0 spiro atoms. The second-order valence-corrected chi connectivity index (χ2v) is 5.42. The highest BCUT2D eigenvalue weighted by atomic mass is 15.1. The Morgan fingerprint density at radius 3 is 2.33 bits per heavy atom. The number of nitrogens with zero attached hydrogens (tertiary/aromatic N) is 1. The van der Waals surface area contributed by atoms with E-state index in [-0.39, 0.29) is 0 Å². The summed E-state index contributed by atoms with van der Waals surface area (Å²) in [6, 6.07) is 19.2. The molecule has 2 rings (SSSR count). The topological polar surface area (TPSA) is 15.3 Å². The first-order valence-corrected chi connectivity index (χ1v) is 7.90. The van der Waals surface area contributed by atoms with E-state index in [1.54, 1.807) is 0 Å². The summed E-state index contributed by atoms with van der Waals surface area (Å²) in [6.45, 7) is 7.50. The lowest BCUT2D eigenvalue weighted by Crippen LogP contribution is -2.30. The molecule has 2 aromatic rings. The summed E-state index contributed by atoms with van der Waals surface area (Å²) < 4.78 is 0. The zero-order chi connectivity index (χ0) is 14.9. The highest BCUT2D eigenvalue weighted by molar-refractivity contribution is 5.51. The van der Waals surface area contributed by atoms with Gasteiger partial charge in [-0.1, -0.05) is 49.7 Å². The van der Waals surface area contributed by atoms with Gasteiger partial charge in [-0.3, -0.25) is 0 Å². The van der Waals surface area contributed by atoms with Crippen molar-refractivity contribution in [1.29, 1.82) is 0 Å². The molecule has 0 heterocycles. The van der Waals surface area contributed by atoms with Crippen LogP contribution in [-0.2, 0) is 0 Å². The first-order chi connectivity index (χ1) is 10.3. The first-order valence-electron chi connectivity index (χ1n) is 7.90. The number of aryl methyl sites for hydroxylation is 1. The number of hydrogen-bond donors (Lipinski definition) is 1. The summed E-state index contributed by atoms with van der Waals surface area (Å²) in [5.41, 5.74) is 3.86. The molecule has 1 N–H and O–H groups in total. The Morgan fingerprint density at radius 2 is 1.62 bits per heavy atom. The van der Waals surface area contributed by atoms with Crippen LogP contribution in [0.3, 0.4) is 0 Å². The van der Waals surface area contributed by atoms with Crippen molar-refractivity contribution in [3.05, 3.63) is 60.2 Å². The number of nitrogens with one attached hydrogen (secondary N) is 1. The molecule has 0 saturated heterocycles. The first kappa shape index (κ1) is 15.4. The maximum absolute atomic E-state index is 3.55. The molecule has 2 heteroatoms. The van der Waals surface area contributed by atoms with E-state index in [9.17, 15) is 0 Å². The van der Waals surface area contributed by atoms with Crippen LogP contribution in [0.2, 0.25) is 0 Å². The maximum atomic E-state index is 3.55. The number of hydrogen-bond acceptors (Lipinski definition) is 2. The van der Waals surface area contributed by atoms with Gasteiger partial charge in [-0.25, -0.2) is 0 Å². The number of unbranched alkanes of at least 4 members (excludes halogenated alkanes) is 1. The van der Waals surface area contributed by atoms with Gasteiger partial charge in [0, 0.05) is 31.0 Å². The Labute approximate surface area is 128 Å². The molecule has 0 unspecified atom stereocenters. The molecule has 0 saturated carbocycles. The third-order valence-electron chi connectivity index (χ3n) is 3.75. The second-order valence-electron chi connectivity index (χ2n) is 5.42. The SMILES string of the molecule is CCCCN(CCNc1ccccc1C)c1ccccc1. The fourth-order valence-corrected chi connectivity index (χ4v) is 2.45. The summed E-state index contributed by atoms with van der Waals surface area (Å²) in [5.74, 6) is 0. The Bertz CT molecular complexity index is 522. The van der Waals surface area contributed by atoms with Crippen LogP contribution in [0.5, 0.6) is 0 Å². The largest absolute Gasteiger partial charge is 0.383 e. The van der Waals surface area contributed by atoms with Crippen LogP contribution in [-0.4, -0.2) is 19.6 Å². The van der Waals surface area contributed by atoms with Crippen LogP contribution in [0.4, 0.5) is 11.4 Å². The number of anilines is 2.